The van der Waals surface area contributed by atoms with Crippen molar-refractivity contribution >= 4 is 11.9 Å². The topological polar surface area (TPSA) is 92.4 Å². The Morgan fingerprint density at radius 3 is 2.50 bits per heavy atom. The zero-order chi connectivity index (χ0) is 13.1. The highest BCUT2D eigenvalue weighted by Crippen LogP contribution is 2.28. The molecule has 0 saturated heterocycles. The number of rotatable bonds is 3. The minimum absolute atomic E-state index is 0.00306. The molecule has 5 heteroatoms. The molecule has 0 spiro atoms. The second-order valence-electron chi connectivity index (χ2n) is 5.61. The molecule has 0 aromatic rings. The number of carboxylic acid groups (broad SMARTS) is 1. The number of nitrogens with one attached hydrogen (secondary N) is 1. The molecule has 2 fully saturated rings. The predicted molar refractivity (Wildman–Crippen MR) is 66.8 cm³/mol. The molecule has 4 unspecified atom stereocenters. The van der Waals surface area contributed by atoms with Crippen LogP contribution >= 0.6 is 0 Å². The van der Waals surface area contributed by atoms with Crippen molar-refractivity contribution in [3.8, 4) is 0 Å². The van der Waals surface area contributed by atoms with Crippen molar-refractivity contribution in [2.75, 3.05) is 0 Å². The summed E-state index contributed by atoms with van der Waals surface area (Å²) >= 11 is 0. The molecule has 1 amide bonds. The van der Waals surface area contributed by atoms with Gasteiger partial charge in [-0.15, -0.1) is 0 Å². The molecule has 2 aliphatic rings. The van der Waals surface area contributed by atoms with Crippen molar-refractivity contribution in [1.29, 1.82) is 0 Å². The molecule has 0 heterocycles. The van der Waals surface area contributed by atoms with E-state index in [1.165, 1.54) is 0 Å². The monoisotopic (exact) mass is 254 g/mol. The van der Waals surface area contributed by atoms with E-state index in [4.69, 9.17) is 10.8 Å². The van der Waals surface area contributed by atoms with Crippen LogP contribution in [-0.4, -0.2) is 29.1 Å². The molecule has 0 aromatic heterocycles. The number of carboxylic acids is 1. The maximum atomic E-state index is 12.1. The van der Waals surface area contributed by atoms with E-state index in [0.29, 0.717) is 6.42 Å². The zero-order valence-corrected chi connectivity index (χ0v) is 10.6. The van der Waals surface area contributed by atoms with Gasteiger partial charge in [0.15, 0.2) is 0 Å². The Kier molecular flexibility index (Phi) is 4.22. The summed E-state index contributed by atoms with van der Waals surface area (Å²) in [4.78, 5) is 23.2. The smallest absolute Gasteiger partial charge is 0.308 e. The highest BCUT2D eigenvalue weighted by atomic mass is 16.4. The van der Waals surface area contributed by atoms with Crippen LogP contribution in [0, 0.1) is 11.8 Å². The molecule has 102 valence electrons. The normalized spacial score (nSPS) is 36.3. The van der Waals surface area contributed by atoms with E-state index in [1.54, 1.807) is 0 Å². The standard InChI is InChI=1S/C13H22N2O3/c14-9-4-1-3-8(7-9)12(16)15-11-6-2-5-10(11)13(17)18/h8-11H,1-7,14H2,(H,15,16)(H,17,18). The Bertz CT molecular complexity index is 332. The SMILES string of the molecule is NC1CCCC(C(=O)NC2CCCC2C(=O)O)C1. The molecular formula is C13H22N2O3. The van der Waals surface area contributed by atoms with E-state index in [-0.39, 0.29) is 23.9 Å². The van der Waals surface area contributed by atoms with Crippen molar-refractivity contribution in [3.05, 3.63) is 0 Å². The van der Waals surface area contributed by atoms with Gasteiger partial charge >= 0.3 is 5.97 Å². The van der Waals surface area contributed by atoms with Gasteiger partial charge in [0, 0.05) is 18.0 Å². The van der Waals surface area contributed by atoms with Gasteiger partial charge in [-0.25, -0.2) is 0 Å². The van der Waals surface area contributed by atoms with Gasteiger partial charge < -0.3 is 16.2 Å². The number of nitrogens with two attached hydrogens (primary N) is 1. The molecule has 4 atom stereocenters. The molecule has 18 heavy (non-hydrogen) atoms. The second-order valence-corrected chi connectivity index (χ2v) is 5.61. The average molecular weight is 254 g/mol. The molecule has 2 rings (SSSR count). The highest BCUT2D eigenvalue weighted by Gasteiger charge is 2.35. The average Bonchev–Trinajstić information content (AvgIpc) is 2.77. The molecular weight excluding hydrogens is 232 g/mol. The summed E-state index contributed by atoms with van der Waals surface area (Å²) in [5, 5.41) is 12.0. The third kappa shape index (κ3) is 3.02. The summed E-state index contributed by atoms with van der Waals surface area (Å²) in [5.74, 6) is -1.23. The number of aliphatic carboxylic acids is 1. The van der Waals surface area contributed by atoms with Gasteiger partial charge in [0.05, 0.1) is 5.92 Å². The first-order valence-corrected chi connectivity index (χ1v) is 6.86. The highest BCUT2D eigenvalue weighted by molar-refractivity contribution is 5.80. The van der Waals surface area contributed by atoms with Crippen LogP contribution < -0.4 is 11.1 Å². The first-order valence-electron chi connectivity index (χ1n) is 6.86. The number of carbonyl (C=O) groups excluding carboxylic acids is 1. The molecule has 0 radical (unpaired) electrons. The van der Waals surface area contributed by atoms with Gasteiger partial charge in [0.1, 0.15) is 0 Å². The Morgan fingerprint density at radius 1 is 1.11 bits per heavy atom. The van der Waals surface area contributed by atoms with Crippen LogP contribution in [0.4, 0.5) is 0 Å². The van der Waals surface area contributed by atoms with Crippen LogP contribution in [0.15, 0.2) is 0 Å². The van der Waals surface area contributed by atoms with Crippen LogP contribution in [0.5, 0.6) is 0 Å². The van der Waals surface area contributed by atoms with Crippen molar-refractivity contribution in [2.24, 2.45) is 17.6 Å². The fourth-order valence-electron chi connectivity index (χ4n) is 3.19. The number of hydrogen-bond donors (Lipinski definition) is 3. The lowest BCUT2D eigenvalue weighted by atomic mass is 9.85. The van der Waals surface area contributed by atoms with Gasteiger partial charge in [0.2, 0.25) is 5.91 Å². The van der Waals surface area contributed by atoms with Gasteiger partial charge in [-0.2, -0.15) is 0 Å². The van der Waals surface area contributed by atoms with E-state index in [0.717, 1.165) is 38.5 Å². The van der Waals surface area contributed by atoms with Crippen LogP contribution in [0.2, 0.25) is 0 Å². The van der Waals surface area contributed by atoms with E-state index < -0.39 is 11.9 Å². The zero-order valence-electron chi connectivity index (χ0n) is 10.6. The molecule has 0 bridgehead atoms. The molecule has 0 aliphatic heterocycles. The van der Waals surface area contributed by atoms with Gasteiger partial charge in [-0.05, 0) is 32.1 Å². The summed E-state index contributed by atoms with van der Waals surface area (Å²) in [5.41, 5.74) is 5.87. The van der Waals surface area contributed by atoms with Gasteiger partial charge in [-0.3, -0.25) is 9.59 Å². The molecule has 4 N–H and O–H groups in total. The maximum Gasteiger partial charge on any atom is 0.308 e. The summed E-state index contributed by atoms with van der Waals surface area (Å²) in [6, 6.07) is -0.0681. The fraction of sp³-hybridized carbons (Fsp3) is 0.846. The van der Waals surface area contributed by atoms with Crippen LogP contribution in [0.25, 0.3) is 0 Å². The van der Waals surface area contributed by atoms with Gasteiger partial charge in [-0.1, -0.05) is 12.8 Å². The van der Waals surface area contributed by atoms with E-state index in [2.05, 4.69) is 5.32 Å². The predicted octanol–water partition coefficient (Wildman–Crippen LogP) is 0.873. The fourth-order valence-corrected chi connectivity index (χ4v) is 3.19. The summed E-state index contributed by atoms with van der Waals surface area (Å²) in [7, 11) is 0. The number of amides is 1. The molecule has 2 aliphatic carbocycles. The lowest BCUT2D eigenvalue weighted by Crippen LogP contribution is -2.45. The van der Waals surface area contributed by atoms with Crippen molar-refractivity contribution in [2.45, 2.75) is 57.0 Å². The first-order chi connectivity index (χ1) is 8.58. The van der Waals surface area contributed by atoms with Crippen molar-refractivity contribution in [3.63, 3.8) is 0 Å². The van der Waals surface area contributed by atoms with Crippen LogP contribution in [0.3, 0.4) is 0 Å². The number of hydrogen-bond acceptors (Lipinski definition) is 3. The van der Waals surface area contributed by atoms with Crippen LogP contribution in [-0.2, 0) is 9.59 Å². The van der Waals surface area contributed by atoms with E-state index in [1.807, 2.05) is 0 Å². The van der Waals surface area contributed by atoms with Crippen LogP contribution in [0.1, 0.15) is 44.9 Å². The summed E-state index contributed by atoms with van der Waals surface area (Å²) in [6.45, 7) is 0. The van der Waals surface area contributed by atoms with E-state index >= 15 is 0 Å². The minimum Gasteiger partial charge on any atom is -0.481 e. The third-order valence-corrected chi connectivity index (χ3v) is 4.25. The Hall–Kier alpha value is -1.10. The summed E-state index contributed by atoms with van der Waals surface area (Å²) < 4.78 is 0. The first kappa shape index (κ1) is 13.3. The summed E-state index contributed by atoms with van der Waals surface area (Å²) in [6.07, 6.45) is 5.93. The minimum atomic E-state index is -0.793. The third-order valence-electron chi connectivity index (χ3n) is 4.25. The molecule has 2 saturated carbocycles. The Labute approximate surface area is 107 Å². The Morgan fingerprint density at radius 2 is 1.83 bits per heavy atom. The van der Waals surface area contributed by atoms with Gasteiger partial charge in [0.25, 0.3) is 0 Å². The van der Waals surface area contributed by atoms with Crippen molar-refractivity contribution in [1.82, 2.24) is 5.32 Å². The van der Waals surface area contributed by atoms with Crippen molar-refractivity contribution < 1.29 is 14.7 Å². The van der Waals surface area contributed by atoms with E-state index in [9.17, 15) is 9.59 Å². The lowest BCUT2D eigenvalue weighted by Gasteiger charge is -2.27. The largest absolute Gasteiger partial charge is 0.481 e. The number of carbonyl (C=O) groups is 2. The molecule has 5 nitrogen and oxygen atoms in total. The quantitative estimate of drug-likeness (QED) is 0.697. The molecule has 0 aromatic carbocycles. The Balaban J connectivity index is 1.88. The maximum absolute atomic E-state index is 12.1. The lowest BCUT2D eigenvalue weighted by molar-refractivity contribution is -0.142. The second kappa shape index (κ2) is 5.69.